The first-order valence-electron chi connectivity index (χ1n) is 5.94. The average Bonchev–Trinajstić information content (AvgIpc) is 3.01. The number of hydrogen-bond donors (Lipinski definition) is 1. The fourth-order valence-corrected chi connectivity index (χ4v) is 1.95. The molecule has 21 heavy (non-hydrogen) atoms. The lowest BCUT2D eigenvalue weighted by atomic mass is 10.0. The Morgan fingerprint density at radius 1 is 1.10 bits per heavy atom. The summed E-state index contributed by atoms with van der Waals surface area (Å²) in [4.78, 5) is 4.24. The Hall–Kier alpha value is -2.71. The van der Waals surface area contributed by atoms with Crippen LogP contribution in [-0.4, -0.2) is 15.2 Å². The van der Waals surface area contributed by atoms with E-state index in [1.807, 2.05) is 0 Å². The molecule has 1 aromatic carbocycles. The Morgan fingerprint density at radius 2 is 1.86 bits per heavy atom. The van der Waals surface area contributed by atoms with E-state index in [4.69, 9.17) is 5.26 Å². The highest BCUT2D eigenvalue weighted by atomic mass is 35.5. The van der Waals surface area contributed by atoms with Crippen molar-refractivity contribution in [2.24, 2.45) is 0 Å². The highest BCUT2D eigenvalue weighted by Crippen LogP contribution is 2.26. The molecular weight excluding hydrogens is 291 g/mol. The Bertz CT molecular complexity index is 776. The molecule has 1 N–H and O–H groups in total. The van der Waals surface area contributed by atoms with Gasteiger partial charge >= 0.3 is 0 Å². The molecule has 0 radical (unpaired) electrons. The van der Waals surface area contributed by atoms with Crippen LogP contribution in [0.1, 0.15) is 5.56 Å². The number of aromatic amines is 1. The minimum Gasteiger partial charge on any atom is -0.285 e. The zero-order valence-electron chi connectivity index (χ0n) is 10.7. The summed E-state index contributed by atoms with van der Waals surface area (Å²) in [5, 5.41) is 15.9. The van der Waals surface area contributed by atoms with Crippen molar-refractivity contribution in [3.05, 3.63) is 60.2 Å². The van der Waals surface area contributed by atoms with Crippen molar-refractivity contribution < 1.29 is 4.39 Å². The minimum atomic E-state index is -0.296. The molecule has 2 aromatic heterocycles. The van der Waals surface area contributed by atoms with Gasteiger partial charge in [-0.15, -0.1) is 12.4 Å². The molecule has 0 atom stereocenters. The normalized spacial score (nSPS) is 9.71. The lowest BCUT2D eigenvalue weighted by Crippen LogP contribution is -1.91. The van der Waals surface area contributed by atoms with Gasteiger partial charge in [0.15, 0.2) is 0 Å². The number of aromatic nitrogens is 3. The predicted molar refractivity (Wildman–Crippen MR) is 79.2 cm³/mol. The first-order chi connectivity index (χ1) is 9.78. The minimum absolute atomic E-state index is 0. The van der Waals surface area contributed by atoms with Crippen LogP contribution >= 0.6 is 12.4 Å². The summed E-state index contributed by atoms with van der Waals surface area (Å²) in [6, 6.07) is 11.7. The maximum absolute atomic E-state index is 12.9. The van der Waals surface area contributed by atoms with Crippen molar-refractivity contribution in [3.63, 3.8) is 0 Å². The van der Waals surface area contributed by atoms with E-state index in [0.29, 0.717) is 22.5 Å². The number of nitrogens with zero attached hydrogens (tertiary/aromatic N) is 3. The second-order valence-corrected chi connectivity index (χ2v) is 4.19. The van der Waals surface area contributed by atoms with Gasteiger partial charge in [-0.3, -0.25) is 10.1 Å². The fraction of sp³-hybridized carbons (Fsp3) is 0. The highest BCUT2D eigenvalue weighted by molar-refractivity contribution is 5.85. The smallest absolute Gasteiger partial charge is 0.123 e. The Balaban J connectivity index is 0.00000161. The molecule has 3 rings (SSSR count). The number of nitrogens with one attached hydrogen (secondary N) is 1. The Morgan fingerprint density at radius 3 is 2.48 bits per heavy atom. The van der Waals surface area contributed by atoms with Crippen LogP contribution in [0.25, 0.3) is 22.5 Å². The van der Waals surface area contributed by atoms with Crippen molar-refractivity contribution in [2.75, 3.05) is 0 Å². The van der Waals surface area contributed by atoms with Crippen molar-refractivity contribution in [1.29, 1.82) is 5.26 Å². The van der Waals surface area contributed by atoms with E-state index in [-0.39, 0.29) is 18.2 Å². The molecule has 0 amide bonds. The molecule has 2 heterocycles. The molecule has 6 heteroatoms. The molecule has 3 aromatic rings. The van der Waals surface area contributed by atoms with Gasteiger partial charge in [0.05, 0.1) is 17.0 Å². The van der Waals surface area contributed by atoms with Crippen LogP contribution < -0.4 is 0 Å². The molecule has 0 aliphatic carbocycles. The number of H-pyrrole nitrogens is 1. The van der Waals surface area contributed by atoms with Gasteiger partial charge in [-0.2, -0.15) is 10.4 Å². The number of pyridine rings is 1. The van der Waals surface area contributed by atoms with Crippen molar-refractivity contribution in [3.8, 4) is 28.6 Å². The average molecular weight is 301 g/mol. The topological polar surface area (TPSA) is 65.4 Å². The number of halogens is 2. The van der Waals surface area contributed by atoms with Crippen LogP contribution in [0.3, 0.4) is 0 Å². The standard InChI is InChI=1S/C15H9FN4.ClH/c16-12-3-1-10(2-4-12)15-7-13(11(8-17)9-18-15)14-5-6-19-20-14;/h1-7,9H,(H,19,20);1H. The number of hydrogen-bond acceptors (Lipinski definition) is 3. The second-order valence-electron chi connectivity index (χ2n) is 4.19. The summed E-state index contributed by atoms with van der Waals surface area (Å²) in [5.41, 5.74) is 3.27. The van der Waals surface area contributed by atoms with Crippen LogP contribution in [0.2, 0.25) is 0 Å². The van der Waals surface area contributed by atoms with E-state index in [1.165, 1.54) is 18.3 Å². The molecule has 0 aliphatic heterocycles. The van der Waals surface area contributed by atoms with Crippen LogP contribution in [0.5, 0.6) is 0 Å². The first-order valence-corrected chi connectivity index (χ1v) is 5.94. The van der Waals surface area contributed by atoms with Crippen molar-refractivity contribution in [1.82, 2.24) is 15.2 Å². The van der Waals surface area contributed by atoms with Crippen LogP contribution in [-0.2, 0) is 0 Å². The quantitative estimate of drug-likeness (QED) is 0.787. The van der Waals surface area contributed by atoms with E-state index in [1.54, 1.807) is 30.5 Å². The summed E-state index contributed by atoms with van der Waals surface area (Å²) in [6.45, 7) is 0. The number of rotatable bonds is 2. The van der Waals surface area contributed by atoms with Gasteiger partial charge in [-0.25, -0.2) is 4.39 Å². The second kappa shape index (κ2) is 6.16. The zero-order valence-corrected chi connectivity index (χ0v) is 11.6. The SMILES string of the molecule is Cl.N#Cc1cnc(-c2ccc(F)cc2)cc1-c1cc[nH]n1. The van der Waals surface area contributed by atoms with Gasteiger partial charge in [0.2, 0.25) is 0 Å². The summed E-state index contributed by atoms with van der Waals surface area (Å²) in [5.74, 6) is -0.296. The van der Waals surface area contributed by atoms with Gasteiger partial charge in [0.25, 0.3) is 0 Å². The fourth-order valence-electron chi connectivity index (χ4n) is 1.95. The molecular formula is C15H10ClFN4. The molecule has 4 nitrogen and oxygen atoms in total. The maximum Gasteiger partial charge on any atom is 0.123 e. The third-order valence-corrected chi connectivity index (χ3v) is 2.94. The van der Waals surface area contributed by atoms with Crippen molar-refractivity contribution in [2.45, 2.75) is 0 Å². The number of nitriles is 1. The highest BCUT2D eigenvalue weighted by Gasteiger charge is 2.10. The summed E-state index contributed by atoms with van der Waals surface area (Å²) in [7, 11) is 0. The third-order valence-electron chi connectivity index (χ3n) is 2.94. The summed E-state index contributed by atoms with van der Waals surface area (Å²) >= 11 is 0. The van der Waals surface area contributed by atoms with Crippen LogP contribution in [0, 0.1) is 17.1 Å². The lowest BCUT2D eigenvalue weighted by Gasteiger charge is -2.05. The molecule has 0 saturated heterocycles. The molecule has 0 spiro atoms. The van der Waals surface area contributed by atoms with Gasteiger partial charge in [-0.1, -0.05) is 0 Å². The van der Waals surface area contributed by atoms with Gasteiger partial charge < -0.3 is 0 Å². The van der Waals surface area contributed by atoms with Crippen molar-refractivity contribution >= 4 is 12.4 Å². The Kier molecular flexibility index (Phi) is 4.31. The van der Waals surface area contributed by atoms with E-state index in [9.17, 15) is 4.39 Å². The third kappa shape index (κ3) is 2.91. The molecule has 0 fully saturated rings. The van der Waals surface area contributed by atoms with Crippen LogP contribution in [0.15, 0.2) is 48.8 Å². The summed E-state index contributed by atoms with van der Waals surface area (Å²) in [6.07, 6.45) is 3.19. The summed E-state index contributed by atoms with van der Waals surface area (Å²) < 4.78 is 12.9. The molecule has 104 valence electrons. The van der Waals surface area contributed by atoms with Gasteiger partial charge in [0, 0.05) is 23.5 Å². The molecule has 0 unspecified atom stereocenters. The predicted octanol–water partition coefficient (Wildman–Crippen LogP) is 3.57. The Labute approximate surface area is 126 Å². The molecule has 0 saturated carbocycles. The molecule has 0 aliphatic rings. The maximum atomic E-state index is 12.9. The first kappa shape index (κ1) is 14.7. The van der Waals surface area contributed by atoms with E-state index in [0.717, 1.165) is 5.56 Å². The largest absolute Gasteiger partial charge is 0.285 e. The number of benzene rings is 1. The van der Waals surface area contributed by atoms with E-state index < -0.39 is 0 Å². The van der Waals surface area contributed by atoms with Crippen LogP contribution in [0.4, 0.5) is 4.39 Å². The van der Waals surface area contributed by atoms with Gasteiger partial charge in [-0.05, 0) is 36.4 Å². The monoisotopic (exact) mass is 300 g/mol. The zero-order chi connectivity index (χ0) is 13.9. The lowest BCUT2D eigenvalue weighted by molar-refractivity contribution is 0.628. The van der Waals surface area contributed by atoms with E-state index in [2.05, 4.69) is 21.3 Å². The molecule has 0 bridgehead atoms. The van der Waals surface area contributed by atoms with Gasteiger partial charge in [0.1, 0.15) is 11.9 Å². The van der Waals surface area contributed by atoms with E-state index >= 15 is 0 Å².